The third kappa shape index (κ3) is 2.95. The van der Waals surface area contributed by atoms with Crippen LogP contribution in [0.15, 0.2) is 60.7 Å². The molecule has 3 nitrogen and oxygen atoms in total. The van der Waals surface area contributed by atoms with Crippen LogP contribution in [-0.4, -0.2) is 16.8 Å². The van der Waals surface area contributed by atoms with Gasteiger partial charge in [-0.2, -0.15) is 0 Å². The highest BCUT2D eigenvalue weighted by molar-refractivity contribution is 7.67. The van der Waals surface area contributed by atoms with Gasteiger partial charge in [0.1, 0.15) is 0 Å². The molecule has 2 aromatic carbocycles. The Morgan fingerprint density at radius 2 is 1.44 bits per heavy atom. The SMILES string of the molecule is O=C(CP(=O)(O)c1ccccc1)c1ccccc1. The lowest BCUT2D eigenvalue weighted by molar-refractivity contribution is 0.101. The number of hydrogen-bond donors (Lipinski definition) is 1. The molecule has 0 spiro atoms. The fraction of sp³-hybridized carbons (Fsp3) is 0.0714. The maximum atomic E-state index is 12.1. The molecule has 0 fully saturated rings. The fourth-order valence-corrected chi connectivity index (χ4v) is 3.05. The highest BCUT2D eigenvalue weighted by Crippen LogP contribution is 2.39. The van der Waals surface area contributed by atoms with E-state index >= 15 is 0 Å². The van der Waals surface area contributed by atoms with Crippen LogP contribution >= 0.6 is 7.37 Å². The minimum absolute atomic E-state index is 0.314. The number of hydrogen-bond acceptors (Lipinski definition) is 2. The Kier molecular flexibility index (Phi) is 3.75. The summed E-state index contributed by atoms with van der Waals surface area (Å²) in [6.45, 7) is 0. The first-order valence-electron chi connectivity index (χ1n) is 5.55. The molecule has 0 radical (unpaired) electrons. The lowest BCUT2D eigenvalue weighted by atomic mass is 10.2. The Hall–Kier alpha value is -1.70. The van der Waals surface area contributed by atoms with E-state index in [4.69, 9.17) is 0 Å². The zero-order valence-corrected chi connectivity index (χ0v) is 10.6. The third-order valence-corrected chi connectivity index (χ3v) is 4.43. The molecule has 0 heterocycles. The Morgan fingerprint density at radius 3 is 2.00 bits per heavy atom. The van der Waals surface area contributed by atoms with Crippen LogP contribution < -0.4 is 5.30 Å². The van der Waals surface area contributed by atoms with Crippen LogP contribution in [0.5, 0.6) is 0 Å². The summed E-state index contributed by atoms with van der Waals surface area (Å²) in [5.41, 5.74) is 0.461. The molecule has 1 atom stereocenters. The van der Waals surface area contributed by atoms with Crippen molar-refractivity contribution < 1.29 is 14.3 Å². The van der Waals surface area contributed by atoms with Crippen molar-refractivity contribution >= 4 is 18.5 Å². The number of Topliss-reactive ketones (excluding diaryl/α,β-unsaturated/α-hetero) is 1. The summed E-state index contributed by atoms with van der Waals surface area (Å²) < 4.78 is 12.1. The Labute approximate surface area is 106 Å². The van der Waals surface area contributed by atoms with Crippen LogP contribution in [0, 0.1) is 0 Å². The van der Waals surface area contributed by atoms with Gasteiger partial charge in [0.25, 0.3) is 0 Å². The van der Waals surface area contributed by atoms with Crippen molar-refractivity contribution in [1.29, 1.82) is 0 Å². The Bertz CT molecular complexity index is 579. The van der Waals surface area contributed by atoms with Gasteiger partial charge >= 0.3 is 0 Å². The summed E-state index contributed by atoms with van der Waals surface area (Å²) in [4.78, 5) is 21.9. The van der Waals surface area contributed by atoms with Crippen LogP contribution in [0.2, 0.25) is 0 Å². The molecule has 0 bridgehead atoms. The number of rotatable bonds is 4. The molecule has 4 heteroatoms. The van der Waals surface area contributed by atoms with E-state index < -0.39 is 7.37 Å². The molecule has 1 N–H and O–H groups in total. The number of carbonyl (C=O) groups is 1. The minimum Gasteiger partial charge on any atom is -0.341 e. The molecule has 0 aromatic heterocycles. The van der Waals surface area contributed by atoms with Crippen molar-refractivity contribution in [2.75, 3.05) is 6.16 Å². The summed E-state index contributed by atoms with van der Waals surface area (Å²) >= 11 is 0. The van der Waals surface area contributed by atoms with E-state index in [1.807, 2.05) is 0 Å². The van der Waals surface area contributed by atoms with Gasteiger partial charge < -0.3 is 4.89 Å². The number of ketones is 1. The minimum atomic E-state index is -3.62. The van der Waals surface area contributed by atoms with Crippen molar-refractivity contribution in [1.82, 2.24) is 0 Å². The topological polar surface area (TPSA) is 54.4 Å². The van der Waals surface area contributed by atoms with Crippen LogP contribution in [0.25, 0.3) is 0 Å². The van der Waals surface area contributed by atoms with Gasteiger partial charge in [-0.15, -0.1) is 0 Å². The summed E-state index contributed by atoms with van der Waals surface area (Å²) in [6, 6.07) is 16.8. The lowest BCUT2D eigenvalue weighted by Gasteiger charge is -2.10. The van der Waals surface area contributed by atoms with Gasteiger partial charge in [-0.25, -0.2) is 0 Å². The average Bonchev–Trinajstić information content (AvgIpc) is 2.40. The van der Waals surface area contributed by atoms with Crippen molar-refractivity contribution in [3.05, 3.63) is 66.2 Å². The van der Waals surface area contributed by atoms with Crippen LogP contribution in [0.4, 0.5) is 0 Å². The molecule has 92 valence electrons. The highest BCUT2D eigenvalue weighted by atomic mass is 31.2. The summed E-state index contributed by atoms with van der Waals surface area (Å²) in [5, 5.41) is 0.314. The predicted molar refractivity (Wildman–Crippen MR) is 71.5 cm³/mol. The first-order valence-corrected chi connectivity index (χ1v) is 7.40. The van der Waals surface area contributed by atoms with E-state index in [1.54, 1.807) is 60.7 Å². The van der Waals surface area contributed by atoms with E-state index in [-0.39, 0.29) is 11.9 Å². The Morgan fingerprint density at radius 1 is 0.944 bits per heavy atom. The van der Waals surface area contributed by atoms with Crippen LogP contribution in [0.1, 0.15) is 10.4 Å². The average molecular weight is 260 g/mol. The monoisotopic (exact) mass is 260 g/mol. The van der Waals surface area contributed by atoms with E-state index in [0.29, 0.717) is 10.9 Å². The standard InChI is InChI=1S/C14H13O3P/c15-14(12-7-3-1-4-8-12)11-18(16,17)13-9-5-2-6-10-13/h1-10H,11H2,(H,16,17). The van der Waals surface area contributed by atoms with E-state index in [0.717, 1.165) is 0 Å². The molecule has 0 saturated heterocycles. The fourth-order valence-electron chi connectivity index (χ4n) is 1.66. The molecular weight excluding hydrogens is 247 g/mol. The maximum absolute atomic E-state index is 12.1. The largest absolute Gasteiger partial charge is 0.341 e. The smallest absolute Gasteiger partial charge is 0.237 e. The van der Waals surface area contributed by atoms with Crippen molar-refractivity contribution in [2.24, 2.45) is 0 Å². The molecule has 0 aliphatic rings. The first kappa shape index (κ1) is 12.7. The molecule has 18 heavy (non-hydrogen) atoms. The van der Waals surface area contributed by atoms with E-state index in [1.165, 1.54) is 0 Å². The van der Waals surface area contributed by atoms with E-state index in [9.17, 15) is 14.3 Å². The second-order valence-corrected chi connectivity index (χ2v) is 6.22. The van der Waals surface area contributed by atoms with Gasteiger partial charge in [0.2, 0.25) is 7.37 Å². The molecule has 2 rings (SSSR count). The van der Waals surface area contributed by atoms with Gasteiger partial charge in [0.05, 0.1) is 6.16 Å². The third-order valence-electron chi connectivity index (χ3n) is 2.61. The maximum Gasteiger partial charge on any atom is 0.237 e. The molecule has 2 aromatic rings. The van der Waals surface area contributed by atoms with Gasteiger partial charge in [-0.05, 0) is 12.1 Å². The molecule has 0 aliphatic carbocycles. The van der Waals surface area contributed by atoms with Crippen LogP contribution in [0.3, 0.4) is 0 Å². The number of benzene rings is 2. The number of carbonyl (C=O) groups excluding carboxylic acids is 1. The second-order valence-electron chi connectivity index (χ2n) is 3.98. The van der Waals surface area contributed by atoms with Crippen LogP contribution in [-0.2, 0) is 4.57 Å². The Balaban J connectivity index is 2.19. The van der Waals surface area contributed by atoms with Gasteiger partial charge in [-0.1, -0.05) is 48.5 Å². The van der Waals surface area contributed by atoms with Crippen molar-refractivity contribution in [3.63, 3.8) is 0 Å². The highest BCUT2D eigenvalue weighted by Gasteiger charge is 2.25. The van der Waals surface area contributed by atoms with Crippen molar-refractivity contribution in [3.8, 4) is 0 Å². The zero-order valence-electron chi connectivity index (χ0n) is 9.69. The summed E-state index contributed by atoms with van der Waals surface area (Å²) in [6.07, 6.45) is -0.360. The molecule has 0 saturated carbocycles. The van der Waals surface area contributed by atoms with Gasteiger partial charge in [-0.3, -0.25) is 9.36 Å². The van der Waals surface area contributed by atoms with Crippen molar-refractivity contribution in [2.45, 2.75) is 0 Å². The second kappa shape index (κ2) is 5.30. The molecule has 1 unspecified atom stereocenters. The quantitative estimate of drug-likeness (QED) is 0.678. The molecular formula is C14H13O3P. The summed E-state index contributed by atoms with van der Waals surface area (Å²) in [7, 11) is -3.62. The first-order chi connectivity index (χ1) is 8.59. The van der Waals surface area contributed by atoms with Gasteiger partial charge in [0.15, 0.2) is 5.78 Å². The van der Waals surface area contributed by atoms with Gasteiger partial charge in [0, 0.05) is 10.9 Å². The summed E-state index contributed by atoms with van der Waals surface area (Å²) in [5.74, 6) is -0.315. The molecule has 0 amide bonds. The lowest BCUT2D eigenvalue weighted by Crippen LogP contribution is -2.13. The predicted octanol–water partition coefficient (Wildman–Crippen LogP) is 2.47. The zero-order chi connectivity index (χ0) is 13.0. The normalized spacial score (nSPS) is 13.8. The molecule has 0 aliphatic heterocycles. The van der Waals surface area contributed by atoms with E-state index in [2.05, 4.69) is 0 Å².